The summed E-state index contributed by atoms with van der Waals surface area (Å²) in [6.45, 7) is 4.57. The van der Waals surface area contributed by atoms with Crippen molar-refractivity contribution in [2.24, 2.45) is 0 Å². The number of hydrogen-bond acceptors (Lipinski definition) is 5. The molecule has 0 spiro atoms. The highest BCUT2D eigenvalue weighted by Crippen LogP contribution is 2.27. The van der Waals surface area contributed by atoms with E-state index >= 15 is 0 Å². The predicted molar refractivity (Wildman–Crippen MR) is 78.4 cm³/mol. The Morgan fingerprint density at radius 3 is 2.90 bits per heavy atom. The Hall–Kier alpha value is -1.82. The lowest BCUT2D eigenvalue weighted by Gasteiger charge is -2.15. The summed E-state index contributed by atoms with van der Waals surface area (Å²) in [5.41, 5.74) is 0.818. The summed E-state index contributed by atoms with van der Waals surface area (Å²) in [7, 11) is 2.07. The number of likely N-dealkylation sites (N-methyl/N-ethyl adjacent to an activating group) is 1. The van der Waals surface area contributed by atoms with Gasteiger partial charge in [-0.05, 0) is 26.4 Å². The van der Waals surface area contributed by atoms with E-state index in [1.54, 1.807) is 6.07 Å². The van der Waals surface area contributed by atoms with Crippen molar-refractivity contribution in [2.45, 2.75) is 25.8 Å². The molecule has 6 heteroatoms. The fourth-order valence-corrected chi connectivity index (χ4v) is 2.36. The van der Waals surface area contributed by atoms with Gasteiger partial charge in [-0.3, -0.25) is 10.1 Å². The van der Waals surface area contributed by atoms with E-state index in [-0.39, 0.29) is 10.6 Å². The van der Waals surface area contributed by atoms with Crippen LogP contribution >= 0.6 is 0 Å². The minimum atomic E-state index is -0.384. The van der Waals surface area contributed by atoms with Crippen LogP contribution < -0.4 is 10.1 Å². The summed E-state index contributed by atoms with van der Waals surface area (Å²) in [5.74, 6) is 0.551. The summed E-state index contributed by atoms with van der Waals surface area (Å²) in [4.78, 5) is 12.8. The van der Waals surface area contributed by atoms with E-state index in [1.165, 1.54) is 6.07 Å². The number of rotatable bonds is 6. The first-order valence-corrected chi connectivity index (χ1v) is 6.96. The van der Waals surface area contributed by atoms with Gasteiger partial charge in [0.1, 0.15) is 5.75 Å². The third-order valence-corrected chi connectivity index (χ3v) is 3.34. The van der Waals surface area contributed by atoms with E-state index in [2.05, 4.69) is 17.3 Å². The maximum absolute atomic E-state index is 11.0. The first-order valence-electron chi connectivity index (χ1n) is 6.96. The van der Waals surface area contributed by atoms with Crippen LogP contribution in [0.2, 0.25) is 0 Å². The van der Waals surface area contributed by atoms with Gasteiger partial charge in [-0.2, -0.15) is 0 Å². The number of ether oxygens (including phenoxy) is 1. The lowest BCUT2D eigenvalue weighted by molar-refractivity contribution is -0.384. The minimum absolute atomic E-state index is 0.0625. The number of nitro groups is 1. The van der Waals surface area contributed by atoms with Gasteiger partial charge < -0.3 is 15.0 Å². The Labute approximate surface area is 118 Å². The topological polar surface area (TPSA) is 67.6 Å². The largest absolute Gasteiger partial charge is 0.493 e. The standard InChI is InChI=1S/C14H21N3O3/c1-3-6-20-14-8-12(7-13(9-14)17(18)19)15-11-4-5-16(2)10-11/h7-9,11,15H,3-6,10H2,1-2H3. The number of nitrogens with one attached hydrogen (secondary N) is 1. The summed E-state index contributed by atoms with van der Waals surface area (Å²) < 4.78 is 5.52. The molecule has 1 aromatic carbocycles. The number of anilines is 1. The zero-order valence-corrected chi connectivity index (χ0v) is 12.0. The third kappa shape index (κ3) is 3.84. The van der Waals surface area contributed by atoms with Gasteiger partial charge in [-0.1, -0.05) is 6.92 Å². The Bertz CT molecular complexity index is 479. The maximum Gasteiger partial charge on any atom is 0.275 e. The molecule has 0 saturated carbocycles. The van der Waals surface area contributed by atoms with Crippen molar-refractivity contribution in [1.29, 1.82) is 0 Å². The molecule has 1 unspecified atom stereocenters. The van der Waals surface area contributed by atoms with Crippen molar-refractivity contribution in [3.05, 3.63) is 28.3 Å². The van der Waals surface area contributed by atoms with Crippen molar-refractivity contribution in [1.82, 2.24) is 4.90 Å². The van der Waals surface area contributed by atoms with Crippen molar-refractivity contribution < 1.29 is 9.66 Å². The molecule has 1 atom stereocenters. The van der Waals surface area contributed by atoms with Gasteiger partial charge in [0.2, 0.25) is 0 Å². The Morgan fingerprint density at radius 1 is 1.50 bits per heavy atom. The molecule has 20 heavy (non-hydrogen) atoms. The van der Waals surface area contributed by atoms with Crippen molar-refractivity contribution >= 4 is 11.4 Å². The van der Waals surface area contributed by atoms with Crippen molar-refractivity contribution in [3.63, 3.8) is 0 Å². The molecule has 0 radical (unpaired) electrons. The molecule has 1 aromatic rings. The highest BCUT2D eigenvalue weighted by Gasteiger charge is 2.20. The minimum Gasteiger partial charge on any atom is -0.493 e. The molecule has 1 aliphatic rings. The van der Waals surface area contributed by atoms with Gasteiger partial charge in [-0.25, -0.2) is 0 Å². The molecular formula is C14H21N3O3. The van der Waals surface area contributed by atoms with E-state index < -0.39 is 0 Å². The Balaban J connectivity index is 2.13. The average Bonchev–Trinajstić information content (AvgIpc) is 2.81. The number of nitrogens with zero attached hydrogens (tertiary/aromatic N) is 2. The molecular weight excluding hydrogens is 258 g/mol. The van der Waals surface area contributed by atoms with Crippen LogP contribution in [-0.2, 0) is 0 Å². The van der Waals surface area contributed by atoms with Gasteiger partial charge in [-0.15, -0.1) is 0 Å². The molecule has 110 valence electrons. The smallest absolute Gasteiger partial charge is 0.275 e. The highest BCUT2D eigenvalue weighted by atomic mass is 16.6. The second kappa shape index (κ2) is 6.56. The van der Waals surface area contributed by atoms with E-state index in [1.807, 2.05) is 13.0 Å². The predicted octanol–water partition coefficient (Wildman–Crippen LogP) is 2.50. The fraction of sp³-hybridized carbons (Fsp3) is 0.571. The van der Waals surface area contributed by atoms with Crippen LogP contribution in [0.25, 0.3) is 0 Å². The number of non-ortho nitro benzene ring substituents is 1. The van der Waals surface area contributed by atoms with E-state index in [4.69, 9.17) is 4.74 Å². The molecule has 1 fully saturated rings. The number of benzene rings is 1. The van der Waals surface area contributed by atoms with Gasteiger partial charge in [0, 0.05) is 30.4 Å². The molecule has 0 aromatic heterocycles. The van der Waals surface area contributed by atoms with Gasteiger partial charge >= 0.3 is 0 Å². The molecule has 1 heterocycles. The number of likely N-dealkylation sites (tertiary alicyclic amines) is 1. The molecule has 1 N–H and O–H groups in total. The van der Waals surface area contributed by atoms with Gasteiger partial charge in [0.15, 0.2) is 0 Å². The van der Waals surface area contributed by atoms with Crippen LogP contribution in [0.4, 0.5) is 11.4 Å². The lowest BCUT2D eigenvalue weighted by atomic mass is 10.2. The van der Waals surface area contributed by atoms with Gasteiger partial charge in [0.25, 0.3) is 5.69 Å². The monoisotopic (exact) mass is 279 g/mol. The van der Waals surface area contributed by atoms with Crippen LogP contribution in [0.3, 0.4) is 0 Å². The SMILES string of the molecule is CCCOc1cc(NC2CCN(C)C2)cc([N+](=O)[O-])c1. The Kier molecular flexibility index (Phi) is 4.79. The summed E-state index contributed by atoms with van der Waals surface area (Å²) in [5, 5.41) is 14.3. The number of hydrogen-bond donors (Lipinski definition) is 1. The highest BCUT2D eigenvalue weighted by molar-refractivity contribution is 5.57. The van der Waals surface area contributed by atoms with Crippen LogP contribution in [0.5, 0.6) is 5.75 Å². The maximum atomic E-state index is 11.0. The third-order valence-electron chi connectivity index (χ3n) is 3.34. The zero-order chi connectivity index (χ0) is 14.5. The van der Waals surface area contributed by atoms with Crippen LogP contribution in [0.15, 0.2) is 18.2 Å². The summed E-state index contributed by atoms with van der Waals surface area (Å²) in [6.07, 6.45) is 1.92. The normalized spacial score (nSPS) is 19.0. The Morgan fingerprint density at radius 2 is 2.30 bits per heavy atom. The molecule has 1 aliphatic heterocycles. The van der Waals surface area contributed by atoms with E-state index in [9.17, 15) is 10.1 Å². The average molecular weight is 279 g/mol. The summed E-state index contributed by atoms with van der Waals surface area (Å²) >= 11 is 0. The molecule has 1 saturated heterocycles. The second-order valence-electron chi connectivity index (χ2n) is 5.21. The quantitative estimate of drug-likeness (QED) is 0.640. The van der Waals surface area contributed by atoms with Crippen LogP contribution in [-0.4, -0.2) is 42.6 Å². The van der Waals surface area contributed by atoms with Crippen molar-refractivity contribution in [2.75, 3.05) is 32.1 Å². The van der Waals surface area contributed by atoms with E-state index in [0.717, 1.165) is 31.6 Å². The van der Waals surface area contributed by atoms with E-state index in [0.29, 0.717) is 18.4 Å². The molecule has 0 amide bonds. The molecule has 6 nitrogen and oxygen atoms in total. The first kappa shape index (κ1) is 14.6. The fourth-order valence-electron chi connectivity index (χ4n) is 2.36. The molecule has 0 bridgehead atoms. The molecule has 0 aliphatic carbocycles. The van der Waals surface area contributed by atoms with Crippen molar-refractivity contribution in [3.8, 4) is 5.75 Å². The first-order chi connectivity index (χ1) is 9.58. The summed E-state index contributed by atoms with van der Waals surface area (Å²) in [6, 6.07) is 5.21. The lowest BCUT2D eigenvalue weighted by Crippen LogP contribution is -2.23. The molecule has 2 rings (SSSR count). The van der Waals surface area contributed by atoms with Crippen LogP contribution in [0.1, 0.15) is 19.8 Å². The van der Waals surface area contributed by atoms with Gasteiger partial charge in [0.05, 0.1) is 17.6 Å². The van der Waals surface area contributed by atoms with Crippen LogP contribution in [0, 0.1) is 10.1 Å². The second-order valence-corrected chi connectivity index (χ2v) is 5.21. The zero-order valence-electron chi connectivity index (χ0n) is 12.0. The number of nitro benzene ring substituents is 1.